The minimum absolute atomic E-state index is 0.274. The number of carbonyl (C=O) groups is 2. The Morgan fingerprint density at radius 2 is 1.24 bits per heavy atom. The molecule has 15 nitrogen and oxygen atoms in total. The van der Waals surface area contributed by atoms with Crippen LogP contribution in [0.3, 0.4) is 0 Å². The van der Waals surface area contributed by atoms with E-state index in [2.05, 4.69) is 5.32 Å². The van der Waals surface area contributed by atoms with Gasteiger partial charge in [0.05, 0.1) is 69.9 Å². The zero-order chi connectivity index (χ0) is 26.0. The second-order valence-corrected chi connectivity index (χ2v) is 8.04. The topological polar surface area (TPSA) is 273 Å². The number of aliphatic hydroxyl groups excluding tert-OH is 8. The first-order valence-corrected chi connectivity index (χ1v) is 10.7. The zero-order valence-corrected chi connectivity index (χ0v) is 18.5. The predicted octanol–water partition coefficient (Wildman–Crippen LogP) is -6.16. The first kappa shape index (κ1) is 30.5. The number of carboxylic acids is 1. The Labute approximate surface area is 195 Å². The van der Waals surface area contributed by atoms with Gasteiger partial charge in [-0.3, -0.25) is 9.59 Å². The lowest BCUT2D eigenvalue weighted by atomic mass is 9.85. The molecule has 0 radical (unpaired) electrons. The number of hydrogen-bond donors (Lipinski definition) is 11. The highest BCUT2D eigenvalue weighted by molar-refractivity contribution is 5.80. The van der Waals surface area contributed by atoms with Crippen molar-refractivity contribution in [2.24, 2.45) is 11.7 Å². The Balaban J connectivity index is 0.000000380. The summed E-state index contributed by atoms with van der Waals surface area (Å²) < 4.78 is 10.4. The first-order valence-electron chi connectivity index (χ1n) is 10.7. The van der Waals surface area contributed by atoms with Gasteiger partial charge in [-0.25, -0.2) is 0 Å². The van der Waals surface area contributed by atoms with Crippen molar-refractivity contribution in [3.8, 4) is 0 Å². The molecule has 0 bridgehead atoms. The third kappa shape index (κ3) is 8.03. The minimum Gasteiger partial charge on any atom is -0.481 e. The van der Waals surface area contributed by atoms with Crippen LogP contribution in [0, 0.1) is 5.92 Å². The van der Waals surface area contributed by atoms with Crippen LogP contribution in [0.25, 0.3) is 0 Å². The second kappa shape index (κ2) is 14.8. The Morgan fingerprint density at radius 1 is 0.706 bits per heavy atom. The van der Waals surface area contributed by atoms with Crippen molar-refractivity contribution in [3.05, 3.63) is 0 Å². The lowest BCUT2D eigenvalue weighted by Crippen LogP contribution is -2.63. The number of ether oxygens (including phenoxy) is 2. The minimum atomic E-state index is -1.23. The van der Waals surface area contributed by atoms with Gasteiger partial charge in [0.15, 0.2) is 0 Å². The molecule has 2 aliphatic heterocycles. The number of hydrogen-bond acceptors (Lipinski definition) is 13. The molecule has 2 saturated heterocycles. The molecule has 0 aromatic heterocycles. The standard InChI is InChI=1S/C12H21NO8.C7H15NO5/c14-3-6-7(4-15)21-8(5-16)11(12(6)20)13-9(17)1-2-10(18)19;8-5-3(1-9)13-4(2-10)6(11)7(5)12/h6-8,11-12,14-16,20H,1-5H2,(H,13,17)(H,18,19);3-7,9-12H,1-2,8H2/t6?,7-,8+,11+,12+;3-,4+,5-,6+,7+/m10/s1. The summed E-state index contributed by atoms with van der Waals surface area (Å²) in [5.74, 6) is -2.55. The smallest absolute Gasteiger partial charge is 0.303 e. The van der Waals surface area contributed by atoms with Crippen molar-refractivity contribution >= 4 is 11.9 Å². The number of aliphatic hydroxyl groups is 8. The number of aliphatic carboxylic acids is 1. The highest BCUT2D eigenvalue weighted by Crippen LogP contribution is 2.26. The molecule has 34 heavy (non-hydrogen) atoms. The molecule has 0 aromatic carbocycles. The number of carbonyl (C=O) groups excluding carboxylic acids is 1. The molecule has 0 saturated carbocycles. The van der Waals surface area contributed by atoms with Crippen molar-refractivity contribution in [1.82, 2.24) is 5.32 Å². The van der Waals surface area contributed by atoms with Crippen LogP contribution in [0.5, 0.6) is 0 Å². The van der Waals surface area contributed by atoms with Gasteiger partial charge in [-0.05, 0) is 0 Å². The normalized spacial score (nSPS) is 37.9. The third-order valence-corrected chi connectivity index (χ3v) is 5.76. The van der Waals surface area contributed by atoms with Gasteiger partial charge in [-0.1, -0.05) is 0 Å². The van der Waals surface area contributed by atoms with Gasteiger partial charge < -0.3 is 66.5 Å². The van der Waals surface area contributed by atoms with E-state index >= 15 is 0 Å². The summed E-state index contributed by atoms with van der Waals surface area (Å²) in [4.78, 5) is 22.0. The summed E-state index contributed by atoms with van der Waals surface area (Å²) >= 11 is 0. The Kier molecular flexibility index (Phi) is 13.3. The highest BCUT2D eigenvalue weighted by Gasteiger charge is 2.45. The van der Waals surface area contributed by atoms with Crippen LogP contribution in [0.1, 0.15) is 12.8 Å². The lowest BCUT2D eigenvalue weighted by molar-refractivity contribution is -0.196. The van der Waals surface area contributed by atoms with E-state index < -0.39 is 99.0 Å². The number of rotatable bonds is 9. The molecule has 1 unspecified atom stereocenters. The molecule has 12 N–H and O–H groups in total. The summed E-state index contributed by atoms with van der Waals surface area (Å²) in [5, 5.41) is 85.0. The molecule has 0 aromatic rings. The highest BCUT2D eigenvalue weighted by atomic mass is 16.5. The van der Waals surface area contributed by atoms with Gasteiger partial charge in [0.1, 0.15) is 24.4 Å². The van der Waals surface area contributed by atoms with E-state index in [0.29, 0.717) is 0 Å². The van der Waals surface area contributed by atoms with Gasteiger partial charge in [0.25, 0.3) is 0 Å². The van der Waals surface area contributed by atoms with Crippen molar-refractivity contribution in [2.75, 3.05) is 33.0 Å². The van der Waals surface area contributed by atoms with E-state index in [1.807, 2.05) is 0 Å². The molecule has 15 heteroatoms. The third-order valence-electron chi connectivity index (χ3n) is 5.76. The maximum absolute atomic E-state index is 11.6. The molecule has 2 aliphatic rings. The van der Waals surface area contributed by atoms with Crippen LogP contribution >= 0.6 is 0 Å². The molecular formula is C19H36N2O13. The Morgan fingerprint density at radius 3 is 1.71 bits per heavy atom. The van der Waals surface area contributed by atoms with E-state index in [1.165, 1.54) is 0 Å². The second-order valence-electron chi connectivity index (χ2n) is 8.04. The first-order chi connectivity index (χ1) is 16.1. The fourth-order valence-corrected chi connectivity index (χ4v) is 3.71. The van der Waals surface area contributed by atoms with Crippen LogP contribution in [-0.4, -0.2) is 146 Å². The predicted molar refractivity (Wildman–Crippen MR) is 111 cm³/mol. The SMILES string of the molecule is N[C@@H]1[C@@H](O)[C@H](O)[C@@H](CO)O[C@H]1CO.O=C(O)CCC(=O)N[C@H]1[C@H](CO)O[C@H](CO)C(CO)[C@@H]1O. The number of carboxylic acid groups (broad SMARTS) is 1. The summed E-state index contributed by atoms with van der Waals surface area (Å²) in [6.07, 6.45) is -7.67. The molecule has 2 rings (SSSR count). The maximum atomic E-state index is 11.6. The van der Waals surface area contributed by atoms with E-state index in [9.17, 15) is 35.1 Å². The molecule has 0 aliphatic carbocycles. The number of amides is 1. The fourth-order valence-electron chi connectivity index (χ4n) is 3.71. The summed E-state index contributed by atoms with van der Waals surface area (Å²) in [6.45, 7) is -2.18. The van der Waals surface area contributed by atoms with Crippen molar-refractivity contribution in [1.29, 1.82) is 0 Å². The molecule has 2 heterocycles. The summed E-state index contributed by atoms with van der Waals surface area (Å²) in [5.41, 5.74) is 5.46. The average Bonchev–Trinajstić information content (AvgIpc) is 2.82. The quantitative estimate of drug-likeness (QED) is 0.141. The van der Waals surface area contributed by atoms with Crippen LogP contribution in [0.15, 0.2) is 0 Å². The molecule has 1 amide bonds. The maximum Gasteiger partial charge on any atom is 0.303 e. The van der Waals surface area contributed by atoms with Gasteiger partial charge in [-0.15, -0.1) is 0 Å². The van der Waals surface area contributed by atoms with Crippen LogP contribution in [-0.2, 0) is 19.1 Å². The fraction of sp³-hybridized carbons (Fsp3) is 0.895. The Bertz CT molecular complexity index is 607. The van der Waals surface area contributed by atoms with E-state index in [0.717, 1.165) is 0 Å². The van der Waals surface area contributed by atoms with Crippen LogP contribution < -0.4 is 11.1 Å². The van der Waals surface area contributed by atoms with Crippen molar-refractivity contribution in [3.63, 3.8) is 0 Å². The van der Waals surface area contributed by atoms with Crippen molar-refractivity contribution < 1.29 is 65.0 Å². The molecule has 10 atom stereocenters. The van der Waals surface area contributed by atoms with Crippen LogP contribution in [0.2, 0.25) is 0 Å². The van der Waals surface area contributed by atoms with E-state index in [-0.39, 0.29) is 19.4 Å². The zero-order valence-electron chi connectivity index (χ0n) is 18.5. The number of nitrogens with one attached hydrogen (secondary N) is 1. The van der Waals surface area contributed by atoms with Crippen LogP contribution in [0.4, 0.5) is 0 Å². The lowest BCUT2D eigenvalue weighted by Gasteiger charge is -2.43. The summed E-state index contributed by atoms with van der Waals surface area (Å²) in [6, 6.07) is -1.82. The van der Waals surface area contributed by atoms with E-state index in [4.69, 9.17) is 35.6 Å². The molecular weight excluding hydrogens is 464 g/mol. The van der Waals surface area contributed by atoms with Gasteiger partial charge in [0.2, 0.25) is 5.91 Å². The summed E-state index contributed by atoms with van der Waals surface area (Å²) in [7, 11) is 0. The average molecular weight is 500 g/mol. The molecule has 2 fully saturated rings. The molecule has 0 spiro atoms. The van der Waals surface area contributed by atoms with E-state index in [1.54, 1.807) is 0 Å². The monoisotopic (exact) mass is 500 g/mol. The number of nitrogens with two attached hydrogens (primary N) is 1. The van der Waals surface area contributed by atoms with Crippen molar-refractivity contribution in [2.45, 2.75) is 67.7 Å². The Hall–Kier alpha value is -1.50. The van der Waals surface area contributed by atoms with Gasteiger partial charge in [-0.2, -0.15) is 0 Å². The van der Waals surface area contributed by atoms with Gasteiger partial charge >= 0.3 is 5.97 Å². The largest absolute Gasteiger partial charge is 0.481 e. The van der Waals surface area contributed by atoms with Gasteiger partial charge in [0, 0.05) is 12.3 Å². The molecule has 200 valence electrons.